The van der Waals surface area contributed by atoms with Gasteiger partial charge in [-0.1, -0.05) is 18.2 Å². The van der Waals surface area contributed by atoms with Gasteiger partial charge in [0.25, 0.3) is 11.5 Å². The van der Waals surface area contributed by atoms with Crippen LogP contribution in [0.15, 0.2) is 53.3 Å². The number of aryl methyl sites for hydroxylation is 1. The quantitative estimate of drug-likeness (QED) is 0.631. The molecule has 1 saturated heterocycles. The molecule has 2 aromatic heterocycles. The molecule has 31 heavy (non-hydrogen) atoms. The fourth-order valence-corrected chi connectivity index (χ4v) is 3.61. The highest BCUT2D eigenvalue weighted by Crippen LogP contribution is 2.31. The van der Waals surface area contributed by atoms with Crippen LogP contribution in [0, 0.1) is 6.92 Å². The van der Waals surface area contributed by atoms with Gasteiger partial charge >= 0.3 is 12.6 Å². The van der Waals surface area contributed by atoms with E-state index in [0.29, 0.717) is 16.9 Å². The van der Waals surface area contributed by atoms with Crippen molar-refractivity contribution in [3.05, 3.63) is 75.8 Å². The summed E-state index contributed by atoms with van der Waals surface area (Å²) >= 11 is 0. The zero-order valence-electron chi connectivity index (χ0n) is 16.6. The second-order valence-corrected chi connectivity index (χ2v) is 7.30. The van der Waals surface area contributed by atoms with E-state index in [4.69, 9.17) is 0 Å². The molecule has 3 amide bonds. The molecular formula is C21H18F2N4O4. The first-order chi connectivity index (χ1) is 14.7. The Hall–Kier alpha value is -3.82. The predicted octanol–water partition coefficient (Wildman–Crippen LogP) is 2.57. The van der Waals surface area contributed by atoms with Crippen LogP contribution in [-0.4, -0.2) is 32.8 Å². The molecule has 160 valence electrons. The topological polar surface area (TPSA) is 93.0 Å². The number of amides is 3. The summed E-state index contributed by atoms with van der Waals surface area (Å²) in [4.78, 5) is 43.5. The first-order valence-corrected chi connectivity index (χ1v) is 9.37. The Kier molecular flexibility index (Phi) is 4.92. The Morgan fingerprint density at radius 3 is 2.52 bits per heavy atom. The Morgan fingerprint density at radius 2 is 1.84 bits per heavy atom. The third-order valence-electron chi connectivity index (χ3n) is 5.19. The second-order valence-electron chi connectivity index (χ2n) is 7.30. The van der Waals surface area contributed by atoms with Crippen molar-refractivity contribution in [1.29, 1.82) is 0 Å². The Bertz CT molecular complexity index is 1240. The minimum Gasteiger partial charge on any atom is -0.435 e. The van der Waals surface area contributed by atoms with E-state index in [1.165, 1.54) is 41.7 Å². The summed E-state index contributed by atoms with van der Waals surface area (Å²) in [5.74, 6) is -0.613. The van der Waals surface area contributed by atoms with E-state index in [2.05, 4.69) is 15.0 Å². The van der Waals surface area contributed by atoms with E-state index >= 15 is 0 Å². The zero-order valence-corrected chi connectivity index (χ0v) is 16.6. The zero-order chi connectivity index (χ0) is 22.3. The second kappa shape index (κ2) is 7.46. The van der Waals surface area contributed by atoms with Crippen LogP contribution < -0.4 is 15.6 Å². The Morgan fingerprint density at radius 1 is 1.13 bits per heavy atom. The molecule has 0 bridgehead atoms. The third kappa shape index (κ3) is 3.60. The maximum absolute atomic E-state index is 13.1. The van der Waals surface area contributed by atoms with E-state index in [1.54, 1.807) is 25.1 Å². The molecule has 1 aliphatic heterocycles. The number of benzene rings is 1. The monoisotopic (exact) mass is 428 g/mol. The number of halogens is 2. The number of aromatic nitrogens is 2. The summed E-state index contributed by atoms with van der Waals surface area (Å²) in [6, 6.07) is 11.3. The number of nitrogens with one attached hydrogen (secondary N) is 1. The first kappa shape index (κ1) is 20.5. The summed E-state index contributed by atoms with van der Waals surface area (Å²) in [5.41, 5.74) is 0.0714. The van der Waals surface area contributed by atoms with Gasteiger partial charge in [0, 0.05) is 11.8 Å². The summed E-state index contributed by atoms with van der Waals surface area (Å²) in [6.07, 6.45) is 0. The van der Waals surface area contributed by atoms with Gasteiger partial charge in [-0.2, -0.15) is 8.78 Å². The van der Waals surface area contributed by atoms with Crippen LogP contribution in [0.2, 0.25) is 0 Å². The van der Waals surface area contributed by atoms with E-state index in [-0.39, 0.29) is 23.5 Å². The predicted molar refractivity (Wildman–Crippen MR) is 106 cm³/mol. The van der Waals surface area contributed by atoms with Crippen molar-refractivity contribution in [1.82, 2.24) is 19.6 Å². The van der Waals surface area contributed by atoms with Gasteiger partial charge in [-0.05, 0) is 43.7 Å². The Labute approximate surface area is 175 Å². The molecule has 1 aromatic carbocycles. The average molecular weight is 428 g/mol. The number of rotatable bonds is 5. The number of hydrogen-bond donors (Lipinski definition) is 1. The molecule has 1 fully saturated rings. The molecule has 0 unspecified atom stereocenters. The number of nitrogens with zero attached hydrogens (tertiary/aromatic N) is 3. The number of ether oxygens (including phenoxy) is 1. The maximum Gasteiger partial charge on any atom is 0.387 e. The van der Waals surface area contributed by atoms with Crippen molar-refractivity contribution in [3.8, 4) is 5.75 Å². The van der Waals surface area contributed by atoms with E-state index in [9.17, 15) is 23.2 Å². The van der Waals surface area contributed by atoms with Gasteiger partial charge in [-0.3, -0.25) is 18.9 Å². The summed E-state index contributed by atoms with van der Waals surface area (Å²) < 4.78 is 30.4. The van der Waals surface area contributed by atoms with Gasteiger partial charge in [0.1, 0.15) is 16.9 Å². The Balaban J connectivity index is 1.61. The highest BCUT2D eigenvalue weighted by molar-refractivity contribution is 6.07. The maximum atomic E-state index is 13.1. The van der Waals surface area contributed by atoms with Crippen molar-refractivity contribution < 1.29 is 23.1 Å². The molecular weight excluding hydrogens is 410 g/mol. The van der Waals surface area contributed by atoms with E-state index in [1.807, 2.05) is 0 Å². The summed E-state index contributed by atoms with van der Waals surface area (Å²) in [6.45, 7) is 0.137. The SMILES string of the molecule is Cc1cccc2nc(CN3C(=O)N[C@@](C)(c4ccc(OC(F)F)cc4)C3=O)cc(=O)n12. The number of pyridine rings is 1. The fraction of sp³-hybridized carbons (Fsp3) is 0.238. The number of urea groups is 1. The van der Waals surface area contributed by atoms with Crippen molar-refractivity contribution in [3.63, 3.8) is 0 Å². The van der Waals surface area contributed by atoms with Gasteiger partial charge in [-0.25, -0.2) is 9.78 Å². The molecule has 0 spiro atoms. The molecule has 8 nitrogen and oxygen atoms in total. The molecule has 1 aliphatic rings. The summed E-state index contributed by atoms with van der Waals surface area (Å²) in [5, 5.41) is 2.63. The van der Waals surface area contributed by atoms with Gasteiger partial charge in [0.05, 0.1) is 12.2 Å². The van der Waals surface area contributed by atoms with Crippen molar-refractivity contribution >= 4 is 17.6 Å². The first-order valence-electron chi connectivity index (χ1n) is 9.37. The molecule has 0 radical (unpaired) electrons. The van der Waals surface area contributed by atoms with Crippen LogP contribution in [0.5, 0.6) is 5.75 Å². The van der Waals surface area contributed by atoms with Crippen LogP contribution in [0.4, 0.5) is 13.6 Å². The normalized spacial score (nSPS) is 18.7. The average Bonchev–Trinajstić information content (AvgIpc) is 2.92. The van der Waals surface area contributed by atoms with E-state index in [0.717, 1.165) is 4.90 Å². The highest BCUT2D eigenvalue weighted by Gasteiger charge is 2.49. The molecule has 3 aromatic rings. The minimum atomic E-state index is -2.97. The summed E-state index contributed by atoms with van der Waals surface area (Å²) in [7, 11) is 0. The smallest absolute Gasteiger partial charge is 0.387 e. The van der Waals surface area contributed by atoms with Crippen molar-refractivity contribution in [2.45, 2.75) is 32.5 Å². The molecule has 10 heteroatoms. The molecule has 0 aliphatic carbocycles. The molecule has 1 atom stereocenters. The molecule has 3 heterocycles. The van der Waals surface area contributed by atoms with Crippen LogP contribution in [-0.2, 0) is 16.9 Å². The number of carbonyl (C=O) groups is 2. The number of hydrogen-bond acceptors (Lipinski definition) is 5. The third-order valence-corrected chi connectivity index (χ3v) is 5.19. The molecule has 4 rings (SSSR count). The standard InChI is InChI=1S/C21H18F2N4O4/c1-12-4-3-5-16-24-14(10-17(28)27(12)16)11-26-18(29)21(2,25-20(26)30)13-6-8-15(9-7-13)31-19(22)23/h3-10,19H,11H2,1-2H3,(H,25,30)/t21-/m0/s1. The van der Waals surface area contributed by atoms with Crippen molar-refractivity contribution in [2.75, 3.05) is 0 Å². The van der Waals surface area contributed by atoms with Crippen LogP contribution >= 0.6 is 0 Å². The van der Waals surface area contributed by atoms with Crippen LogP contribution in [0.25, 0.3) is 5.65 Å². The van der Waals surface area contributed by atoms with Gasteiger partial charge in [0.2, 0.25) is 0 Å². The lowest BCUT2D eigenvalue weighted by molar-refractivity contribution is -0.131. The highest BCUT2D eigenvalue weighted by atomic mass is 19.3. The lowest BCUT2D eigenvalue weighted by Gasteiger charge is -2.22. The number of carbonyl (C=O) groups excluding carboxylic acids is 2. The largest absolute Gasteiger partial charge is 0.435 e. The number of alkyl halides is 2. The van der Waals surface area contributed by atoms with Gasteiger partial charge in [0.15, 0.2) is 0 Å². The molecule has 1 N–H and O–H groups in total. The van der Waals surface area contributed by atoms with E-state index < -0.39 is 24.1 Å². The lowest BCUT2D eigenvalue weighted by Crippen LogP contribution is -2.40. The van der Waals surface area contributed by atoms with Gasteiger partial charge in [-0.15, -0.1) is 0 Å². The van der Waals surface area contributed by atoms with Crippen molar-refractivity contribution in [2.24, 2.45) is 0 Å². The number of imide groups is 1. The lowest BCUT2D eigenvalue weighted by atomic mass is 9.92. The van der Waals surface area contributed by atoms with Gasteiger partial charge < -0.3 is 10.1 Å². The van der Waals surface area contributed by atoms with Crippen LogP contribution in [0.3, 0.4) is 0 Å². The molecule has 0 saturated carbocycles. The minimum absolute atomic E-state index is 0.0629. The number of fused-ring (bicyclic) bond motifs is 1. The van der Waals surface area contributed by atoms with Crippen LogP contribution in [0.1, 0.15) is 23.9 Å². The fourth-order valence-electron chi connectivity index (χ4n) is 3.61.